The van der Waals surface area contributed by atoms with E-state index in [1.807, 2.05) is 6.92 Å². The molecule has 0 aliphatic carbocycles. The maximum Gasteiger partial charge on any atom is 0.184 e. The molecule has 2 heterocycles. The van der Waals surface area contributed by atoms with Crippen molar-refractivity contribution in [2.75, 3.05) is 19.8 Å². The number of hydrogen-bond acceptors (Lipinski definition) is 3. The Morgan fingerprint density at radius 3 is 2.21 bits per heavy atom. The van der Waals surface area contributed by atoms with Gasteiger partial charge in [0.05, 0.1) is 25.9 Å². The number of hydrogen-bond donors (Lipinski definition) is 0. The van der Waals surface area contributed by atoms with E-state index < -0.39 is 23.6 Å². The normalized spacial score (nSPS) is 28.1. The van der Waals surface area contributed by atoms with Crippen LogP contribution in [0.4, 0.5) is 13.2 Å². The van der Waals surface area contributed by atoms with Gasteiger partial charge in [0.25, 0.3) is 0 Å². The Morgan fingerprint density at radius 1 is 0.879 bits per heavy atom. The zero-order valence-corrected chi connectivity index (χ0v) is 19.4. The molecule has 2 aliphatic rings. The third kappa shape index (κ3) is 5.44. The van der Waals surface area contributed by atoms with Crippen LogP contribution < -0.4 is 0 Å². The average molecular weight is 463 g/mol. The molecule has 2 unspecified atom stereocenters. The molecule has 0 saturated carbocycles. The van der Waals surface area contributed by atoms with E-state index in [1.165, 1.54) is 0 Å². The molecule has 2 fully saturated rings. The fourth-order valence-electron chi connectivity index (χ4n) is 4.85. The van der Waals surface area contributed by atoms with Gasteiger partial charge in [0.15, 0.2) is 23.6 Å². The minimum Gasteiger partial charge on any atom is -0.378 e. The molecule has 2 aliphatic heterocycles. The monoisotopic (exact) mass is 462 g/mol. The highest BCUT2D eigenvalue weighted by atomic mass is 19.2. The number of benzene rings is 2. The average Bonchev–Trinajstić information content (AvgIpc) is 2.82. The Morgan fingerprint density at radius 2 is 1.61 bits per heavy atom. The molecule has 0 amide bonds. The molecule has 3 nitrogen and oxygen atoms in total. The van der Waals surface area contributed by atoms with Gasteiger partial charge in [-0.1, -0.05) is 63.1 Å². The van der Waals surface area contributed by atoms with Crippen LogP contribution in [0, 0.1) is 11.6 Å². The van der Waals surface area contributed by atoms with Crippen molar-refractivity contribution in [2.24, 2.45) is 0 Å². The van der Waals surface area contributed by atoms with Gasteiger partial charge in [-0.2, -0.15) is 0 Å². The van der Waals surface area contributed by atoms with E-state index in [2.05, 4.69) is 6.92 Å². The quantitative estimate of drug-likeness (QED) is 0.434. The number of halogens is 3. The highest BCUT2D eigenvalue weighted by Crippen LogP contribution is 2.36. The lowest BCUT2D eigenvalue weighted by atomic mass is 9.88. The van der Waals surface area contributed by atoms with Crippen LogP contribution in [0.5, 0.6) is 0 Å². The molecule has 4 rings (SSSR count). The molecule has 180 valence electrons. The second kappa shape index (κ2) is 10.6. The largest absolute Gasteiger partial charge is 0.378 e. The summed E-state index contributed by atoms with van der Waals surface area (Å²) in [6.45, 7) is 4.44. The molecule has 2 saturated heterocycles. The summed E-state index contributed by atoms with van der Waals surface area (Å²) in [5.41, 5.74) is 0.420. The molecule has 6 heteroatoms. The highest BCUT2D eigenvalue weighted by molar-refractivity contribution is 5.65. The maximum atomic E-state index is 15.0. The molecule has 2 aromatic carbocycles. The van der Waals surface area contributed by atoms with Crippen LogP contribution in [-0.4, -0.2) is 31.6 Å². The van der Waals surface area contributed by atoms with Crippen molar-refractivity contribution in [3.63, 3.8) is 0 Å². The molecule has 33 heavy (non-hydrogen) atoms. The van der Waals surface area contributed by atoms with Gasteiger partial charge in [0.1, 0.15) is 0 Å². The molecule has 2 aromatic rings. The van der Waals surface area contributed by atoms with E-state index in [-0.39, 0.29) is 30.8 Å². The van der Waals surface area contributed by atoms with Crippen molar-refractivity contribution in [2.45, 2.75) is 76.4 Å². The summed E-state index contributed by atoms with van der Waals surface area (Å²) < 4.78 is 61.5. The van der Waals surface area contributed by atoms with Gasteiger partial charge < -0.3 is 14.2 Å². The predicted octanol–water partition coefficient (Wildman–Crippen LogP) is 7.25. The molecular formula is C27H33F3O3. The maximum absolute atomic E-state index is 15.0. The first-order valence-corrected chi connectivity index (χ1v) is 12.1. The minimum atomic E-state index is -1.45. The van der Waals surface area contributed by atoms with Crippen LogP contribution in [0.1, 0.15) is 75.7 Å². The van der Waals surface area contributed by atoms with Crippen molar-refractivity contribution < 1.29 is 27.4 Å². The third-order valence-electron chi connectivity index (χ3n) is 6.71. The number of alkyl halides is 1. The van der Waals surface area contributed by atoms with Crippen molar-refractivity contribution in [1.82, 2.24) is 0 Å². The van der Waals surface area contributed by atoms with Crippen LogP contribution in [-0.2, 0) is 14.2 Å². The number of ether oxygens (including phenoxy) is 3. The summed E-state index contributed by atoms with van der Waals surface area (Å²) in [6, 6.07) is 10.2. The molecule has 0 spiro atoms. The Labute approximate surface area is 194 Å². The third-order valence-corrected chi connectivity index (χ3v) is 6.71. The van der Waals surface area contributed by atoms with Gasteiger partial charge in [-0.3, -0.25) is 0 Å². The van der Waals surface area contributed by atoms with Crippen molar-refractivity contribution in [3.05, 3.63) is 59.2 Å². The summed E-state index contributed by atoms with van der Waals surface area (Å²) >= 11 is 0. The minimum absolute atomic E-state index is 0.0152. The molecular weight excluding hydrogens is 429 g/mol. The van der Waals surface area contributed by atoms with Crippen molar-refractivity contribution >= 4 is 0 Å². The fraction of sp³-hybridized carbons (Fsp3) is 0.556. The van der Waals surface area contributed by atoms with Crippen LogP contribution in [0.2, 0.25) is 0 Å². The fourth-order valence-corrected chi connectivity index (χ4v) is 4.85. The first-order chi connectivity index (χ1) is 15.9. The lowest BCUT2D eigenvalue weighted by molar-refractivity contribution is -0.238. The Balaban J connectivity index is 1.44. The summed E-state index contributed by atoms with van der Waals surface area (Å²) in [4.78, 5) is 0. The van der Waals surface area contributed by atoms with E-state index in [0.717, 1.165) is 37.7 Å². The van der Waals surface area contributed by atoms with Gasteiger partial charge in [0.2, 0.25) is 0 Å². The Kier molecular flexibility index (Phi) is 7.77. The van der Waals surface area contributed by atoms with E-state index in [4.69, 9.17) is 14.2 Å². The summed E-state index contributed by atoms with van der Waals surface area (Å²) in [6.07, 6.45) is 4.41. The van der Waals surface area contributed by atoms with Crippen LogP contribution in [0.15, 0.2) is 36.4 Å². The summed E-state index contributed by atoms with van der Waals surface area (Å²) in [5.74, 6) is -1.77. The molecule has 0 radical (unpaired) electrons. The summed E-state index contributed by atoms with van der Waals surface area (Å²) in [7, 11) is 0. The highest BCUT2D eigenvalue weighted by Gasteiger charge is 2.36. The standard InChI is InChI=1S/C27H33F3O3/c1-3-5-21-11-10-20(15-31-21)23-13-12-22(24(28)25(23)29)18-6-8-19(9-7-18)26-32-16-27(30,14-4-2)17-33-26/h6-9,12-13,20-21,26H,3-5,10-11,14-17H2,1-2H3. The van der Waals surface area contributed by atoms with E-state index in [0.29, 0.717) is 24.2 Å². The lowest BCUT2D eigenvalue weighted by Gasteiger charge is -2.34. The van der Waals surface area contributed by atoms with Gasteiger partial charge >= 0.3 is 0 Å². The number of rotatable bonds is 7. The zero-order chi connectivity index (χ0) is 23.4. The Bertz CT molecular complexity index is 915. The van der Waals surface area contributed by atoms with Crippen molar-refractivity contribution in [1.29, 1.82) is 0 Å². The van der Waals surface area contributed by atoms with Crippen molar-refractivity contribution in [3.8, 4) is 11.1 Å². The topological polar surface area (TPSA) is 27.7 Å². The Hall–Kier alpha value is -1.89. The van der Waals surface area contributed by atoms with Crippen LogP contribution in [0.25, 0.3) is 11.1 Å². The van der Waals surface area contributed by atoms with Gasteiger partial charge in [-0.05, 0) is 36.8 Å². The second-order valence-electron chi connectivity index (χ2n) is 9.33. The molecule has 0 N–H and O–H groups in total. The van der Waals surface area contributed by atoms with Crippen LogP contribution >= 0.6 is 0 Å². The SMILES string of the molecule is CCCC1CCC(c2ccc(-c3ccc(C4OCC(F)(CCC)CO4)cc3)c(F)c2F)CO1. The molecule has 0 aromatic heterocycles. The van der Waals surface area contributed by atoms with Gasteiger partial charge in [-0.25, -0.2) is 13.2 Å². The van der Waals surface area contributed by atoms with Crippen LogP contribution in [0.3, 0.4) is 0 Å². The predicted molar refractivity (Wildman–Crippen MR) is 122 cm³/mol. The second-order valence-corrected chi connectivity index (χ2v) is 9.33. The van der Waals surface area contributed by atoms with E-state index in [1.54, 1.807) is 36.4 Å². The van der Waals surface area contributed by atoms with E-state index in [9.17, 15) is 8.78 Å². The molecule has 0 bridgehead atoms. The molecule has 2 atom stereocenters. The van der Waals surface area contributed by atoms with Gasteiger partial charge in [0, 0.05) is 17.0 Å². The first kappa shape index (κ1) is 24.2. The summed E-state index contributed by atoms with van der Waals surface area (Å²) in [5, 5.41) is 0. The van der Waals surface area contributed by atoms with E-state index >= 15 is 4.39 Å². The zero-order valence-electron chi connectivity index (χ0n) is 19.4. The van der Waals surface area contributed by atoms with Gasteiger partial charge in [-0.15, -0.1) is 0 Å². The first-order valence-electron chi connectivity index (χ1n) is 12.1. The smallest absolute Gasteiger partial charge is 0.184 e. The lowest BCUT2D eigenvalue weighted by Crippen LogP contribution is -2.41.